The zero-order chi connectivity index (χ0) is 10.6. The molecule has 3 nitrogen and oxygen atoms in total. The van der Waals surface area contributed by atoms with Crippen LogP contribution in [0.5, 0.6) is 0 Å². The summed E-state index contributed by atoms with van der Waals surface area (Å²) < 4.78 is 0. The fourth-order valence-electron chi connectivity index (χ4n) is 1.27. The van der Waals surface area contributed by atoms with E-state index in [1.807, 2.05) is 12.1 Å². The number of likely N-dealkylation sites (N-methyl/N-ethyl adjacent to an activating group) is 1. The molecule has 1 aromatic rings. The van der Waals surface area contributed by atoms with Gasteiger partial charge < -0.3 is 15.5 Å². The first-order valence-electron chi connectivity index (χ1n) is 4.45. The van der Waals surface area contributed by atoms with Crippen LogP contribution >= 0.6 is 12.6 Å². The quantitative estimate of drug-likeness (QED) is 0.554. The smallest absolute Gasteiger partial charge is 0.107 e. The minimum Gasteiger partial charge on any atom is -0.389 e. The Morgan fingerprint density at radius 2 is 2.00 bits per heavy atom. The highest BCUT2D eigenvalue weighted by atomic mass is 32.1. The van der Waals surface area contributed by atoms with Gasteiger partial charge in [0.05, 0.1) is 6.10 Å². The number of hydrogen-bond acceptors (Lipinski definition) is 4. The highest BCUT2D eigenvalue weighted by Crippen LogP contribution is 2.23. The molecule has 4 heteroatoms. The Morgan fingerprint density at radius 1 is 1.36 bits per heavy atom. The lowest BCUT2D eigenvalue weighted by atomic mass is 10.0. The Morgan fingerprint density at radius 3 is 2.57 bits per heavy atom. The summed E-state index contributed by atoms with van der Waals surface area (Å²) in [6, 6.07) is 7.19. The summed E-state index contributed by atoms with van der Waals surface area (Å²) in [4.78, 5) is 0.690. The lowest BCUT2D eigenvalue weighted by Crippen LogP contribution is -2.29. The summed E-state index contributed by atoms with van der Waals surface area (Å²) in [5, 5.41) is 22.1. The van der Waals surface area contributed by atoms with Gasteiger partial charge in [-0.25, -0.2) is 0 Å². The van der Waals surface area contributed by atoms with Gasteiger partial charge in [-0.15, -0.1) is 12.6 Å². The van der Waals surface area contributed by atoms with E-state index < -0.39 is 12.2 Å². The fraction of sp³-hybridized carbons (Fsp3) is 0.400. The number of thiol groups is 1. The molecule has 0 fully saturated rings. The van der Waals surface area contributed by atoms with Gasteiger partial charge in [0.2, 0.25) is 0 Å². The van der Waals surface area contributed by atoms with Gasteiger partial charge in [0.25, 0.3) is 0 Å². The second-order valence-electron chi connectivity index (χ2n) is 3.13. The van der Waals surface area contributed by atoms with Crippen molar-refractivity contribution in [3.05, 3.63) is 29.8 Å². The molecule has 0 heterocycles. The van der Waals surface area contributed by atoms with Crippen molar-refractivity contribution in [3.63, 3.8) is 0 Å². The molecule has 78 valence electrons. The van der Waals surface area contributed by atoms with Gasteiger partial charge >= 0.3 is 0 Å². The first kappa shape index (κ1) is 11.5. The van der Waals surface area contributed by atoms with Gasteiger partial charge in [-0.3, -0.25) is 0 Å². The number of aliphatic hydroxyl groups excluding tert-OH is 2. The van der Waals surface area contributed by atoms with Gasteiger partial charge in [-0.1, -0.05) is 18.2 Å². The average molecular weight is 213 g/mol. The largest absolute Gasteiger partial charge is 0.389 e. The van der Waals surface area contributed by atoms with Crippen LogP contribution in [0.1, 0.15) is 11.7 Å². The first-order valence-corrected chi connectivity index (χ1v) is 4.90. The van der Waals surface area contributed by atoms with Crippen molar-refractivity contribution < 1.29 is 10.2 Å². The molecular formula is C10H15NO2S. The maximum absolute atomic E-state index is 9.76. The number of nitrogens with one attached hydrogen (secondary N) is 1. The van der Waals surface area contributed by atoms with Crippen molar-refractivity contribution >= 4 is 12.6 Å². The maximum atomic E-state index is 9.76. The summed E-state index contributed by atoms with van der Waals surface area (Å²) in [7, 11) is 1.72. The molecular weight excluding hydrogens is 198 g/mol. The Bertz CT molecular complexity index is 293. The molecule has 0 spiro atoms. The van der Waals surface area contributed by atoms with Crippen molar-refractivity contribution in [1.82, 2.24) is 5.32 Å². The van der Waals surface area contributed by atoms with Gasteiger partial charge in [0.1, 0.15) is 6.10 Å². The monoisotopic (exact) mass is 213 g/mol. The summed E-state index contributed by atoms with van der Waals surface area (Å²) in [5.41, 5.74) is 0.651. The average Bonchev–Trinajstić information content (AvgIpc) is 2.18. The van der Waals surface area contributed by atoms with E-state index in [9.17, 15) is 10.2 Å². The maximum Gasteiger partial charge on any atom is 0.107 e. The molecule has 14 heavy (non-hydrogen) atoms. The molecule has 0 saturated heterocycles. The number of rotatable bonds is 4. The Balaban J connectivity index is 2.78. The van der Waals surface area contributed by atoms with Crippen molar-refractivity contribution in [3.8, 4) is 0 Å². The van der Waals surface area contributed by atoms with Crippen LogP contribution < -0.4 is 5.32 Å². The number of benzene rings is 1. The molecule has 0 bridgehead atoms. The molecule has 0 amide bonds. The third-order valence-electron chi connectivity index (χ3n) is 2.03. The molecule has 1 rings (SSSR count). The van der Waals surface area contributed by atoms with E-state index in [2.05, 4.69) is 17.9 Å². The fourth-order valence-corrected chi connectivity index (χ4v) is 1.56. The lowest BCUT2D eigenvalue weighted by molar-refractivity contribution is 0.0187. The molecule has 3 N–H and O–H groups in total. The highest BCUT2D eigenvalue weighted by molar-refractivity contribution is 7.80. The van der Waals surface area contributed by atoms with E-state index in [0.717, 1.165) is 0 Å². The van der Waals surface area contributed by atoms with Crippen LogP contribution in [-0.4, -0.2) is 29.9 Å². The molecule has 0 aliphatic heterocycles. The highest BCUT2D eigenvalue weighted by Gasteiger charge is 2.18. The summed E-state index contributed by atoms with van der Waals surface area (Å²) >= 11 is 4.21. The second-order valence-corrected chi connectivity index (χ2v) is 3.61. The third-order valence-corrected chi connectivity index (χ3v) is 2.44. The minimum atomic E-state index is -0.892. The molecule has 0 radical (unpaired) electrons. The Kier molecular flexibility index (Phi) is 4.41. The molecule has 0 aromatic heterocycles. The molecule has 0 aliphatic carbocycles. The van der Waals surface area contributed by atoms with E-state index in [4.69, 9.17) is 0 Å². The second kappa shape index (κ2) is 5.36. The van der Waals surface area contributed by atoms with Crippen molar-refractivity contribution in [1.29, 1.82) is 0 Å². The lowest BCUT2D eigenvalue weighted by Gasteiger charge is -2.18. The van der Waals surface area contributed by atoms with E-state index >= 15 is 0 Å². The van der Waals surface area contributed by atoms with E-state index in [1.54, 1.807) is 19.2 Å². The Labute approximate surface area is 89.2 Å². The van der Waals surface area contributed by atoms with Crippen LogP contribution in [0.15, 0.2) is 29.2 Å². The van der Waals surface area contributed by atoms with Gasteiger partial charge in [-0.2, -0.15) is 0 Å². The van der Waals surface area contributed by atoms with Crippen molar-refractivity contribution in [2.75, 3.05) is 13.6 Å². The molecule has 0 saturated carbocycles. The predicted molar refractivity (Wildman–Crippen MR) is 58.6 cm³/mol. The SMILES string of the molecule is CNCC(O)C(O)c1ccccc1S. The van der Waals surface area contributed by atoms with Crippen LogP contribution in [0, 0.1) is 0 Å². The Hall–Kier alpha value is -0.550. The topological polar surface area (TPSA) is 52.5 Å². The normalized spacial score (nSPS) is 15.1. The van der Waals surface area contributed by atoms with Gasteiger partial charge in [-0.05, 0) is 18.7 Å². The van der Waals surface area contributed by atoms with E-state index in [-0.39, 0.29) is 0 Å². The summed E-state index contributed by atoms with van der Waals surface area (Å²) in [5.74, 6) is 0. The van der Waals surface area contributed by atoms with Crippen molar-refractivity contribution in [2.45, 2.75) is 17.1 Å². The van der Waals surface area contributed by atoms with Crippen LogP contribution in [-0.2, 0) is 0 Å². The van der Waals surface area contributed by atoms with Gasteiger partial charge in [0, 0.05) is 11.4 Å². The zero-order valence-electron chi connectivity index (χ0n) is 8.01. The number of aliphatic hydroxyl groups is 2. The zero-order valence-corrected chi connectivity index (χ0v) is 8.91. The predicted octanol–water partition coefficient (Wildman–Crippen LogP) is 0.589. The summed E-state index contributed by atoms with van der Waals surface area (Å²) in [6.07, 6.45) is -1.70. The van der Waals surface area contributed by atoms with E-state index in [1.165, 1.54) is 0 Å². The molecule has 2 atom stereocenters. The first-order chi connectivity index (χ1) is 6.66. The van der Waals surface area contributed by atoms with Crippen LogP contribution in [0.25, 0.3) is 0 Å². The third kappa shape index (κ3) is 2.72. The number of hydrogen-bond donors (Lipinski definition) is 4. The van der Waals surface area contributed by atoms with Gasteiger partial charge in [0.15, 0.2) is 0 Å². The molecule has 1 aromatic carbocycles. The molecule has 0 aliphatic rings. The molecule has 2 unspecified atom stereocenters. The summed E-state index contributed by atoms with van der Waals surface area (Å²) in [6.45, 7) is 0.350. The standard InChI is InChI=1S/C10H15NO2S/c1-11-6-8(12)10(13)7-4-2-3-5-9(7)14/h2-5,8,10-14H,6H2,1H3. The van der Waals surface area contributed by atoms with E-state index in [0.29, 0.717) is 17.0 Å². The van der Waals surface area contributed by atoms with Crippen LogP contribution in [0.3, 0.4) is 0 Å². The van der Waals surface area contributed by atoms with Crippen LogP contribution in [0.2, 0.25) is 0 Å². The van der Waals surface area contributed by atoms with Crippen molar-refractivity contribution in [2.24, 2.45) is 0 Å². The minimum absolute atomic E-state index is 0.350. The van der Waals surface area contributed by atoms with Crippen LogP contribution in [0.4, 0.5) is 0 Å².